The molecule has 0 aliphatic rings. The number of esters is 1. The zero-order chi connectivity index (χ0) is 15.0. The van der Waals surface area contributed by atoms with E-state index in [0.717, 1.165) is 26.6 Å². The molecule has 0 saturated heterocycles. The third kappa shape index (κ3) is 2.42. The number of aromatic amines is 2. The van der Waals surface area contributed by atoms with Crippen LogP contribution in [0.3, 0.4) is 0 Å². The van der Waals surface area contributed by atoms with Crippen LogP contribution in [0.5, 0.6) is 0 Å². The number of hydrogen-bond donors (Lipinski definition) is 2. The summed E-state index contributed by atoms with van der Waals surface area (Å²) in [6.45, 7) is 2.12. The zero-order valence-electron chi connectivity index (χ0n) is 11.2. The molecule has 0 unspecified atom stereocenters. The molecule has 2 aromatic heterocycles. The summed E-state index contributed by atoms with van der Waals surface area (Å²) >= 11 is 6.99. The Morgan fingerprint density at radius 2 is 2.05 bits per heavy atom. The fraction of sp³-hybridized carbons (Fsp3) is 0.133. The molecule has 0 aliphatic heterocycles. The first kappa shape index (κ1) is 14.4. The number of nitrogens with one attached hydrogen (secondary N) is 2. The first-order chi connectivity index (χ1) is 10.1. The summed E-state index contributed by atoms with van der Waals surface area (Å²) in [5.74, 6) is -0.379. The van der Waals surface area contributed by atoms with E-state index in [1.54, 1.807) is 6.92 Å². The minimum atomic E-state index is -0.379. The molecule has 0 aliphatic carbocycles. The van der Waals surface area contributed by atoms with Gasteiger partial charge in [0.2, 0.25) is 0 Å². The van der Waals surface area contributed by atoms with E-state index >= 15 is 0 Å². The normalized spacial score (nSPS) is 11.0. The summed E-state index contributed by atoms with van der Waals surface area (Å²) < 4.78 is 6.48. The molecule has 108 valence electrons. The fourth-order valence-corrected chi connectivity index (χ4v) is 3.86. The van der Waals surface area contributed by atoms with Crippen molar-refractivity contribution in [2.24, 2.45) is 0 Å². The molecule has 6 heteroatoms. The Balaban J connectivity index is 2.17. The van der Waals surface area contributed by atoms with E-state index in [2.05, 4.69) is 41.8 Å². The number of para-hydroxylation sites is 1. The van der Waals surface area contributed by atoms with E-state index in [9.17, 15) is 4.79 Å². The highest BCUT2D eigenvalue weighted by Crippen LogP contribution is 2.40. The number of halogens is 2. The molecule has 0 atom stereocenters. The molecule has 2 heterocycles. The molecule has 3 rings (SSSR count). The highest BCUT2D eigenvalue weighted by molar-refractivity contribution is 9.11. The topological polar surface area (TPSA) is 57.9 Å². The largest absolute Gasteiger partial charge is 0.461 e. The van der Waals surface area contributed by atoms with Gasteiger partial charge in [-0.05, 0) is 44.8 Å². The molecule has 2 N–H and O–H groups in total. The number of ether oxygens (including phenoxy) is 1. The van der Waals surface area contributed by atoms with Gasteiger partial charge in [0, 0.05) is 28.2 Å². The Labute approximate surface area is 138 Å². The number of rotatable bonds is 3. The van der Waals surface area contributed by atoms with Gasteiger partial charge in [-0.2, -0.15) is 0 Å². The molecular formula is C15H12Br2N2O2. The van der Waals surface area contributed by atoms with Crippen molar-refractivity contribution < 1.29 is 9.53 Å². The van der Waals surface area contributed by atoms with E-state index in [4.69, 9.17) is 4.74 Å². The summed E-state index contributed by atoms with van der Waals surface area (Å²) in [4.78, 5) is 18.2. The number of carbonyl (C=O) groups is 1. The number of fused-ring (bicyclic) bond motifs is 1. The van der Waals surface area contributed by atoms with Gasteiger partial charge in [-0.25, -0.2) is 4.79 Å². The average Bonchev–Trinajstić information content (AvgIpc) is 3.00. The second kappa shape index (κ2) is 5.69. The van der Waals surface area contributed by atoms with Crippen LogP contribution in [0.25, 0.3) is 22.0 Å². The molecule has 4 nitrogen and oxygen atoms in total. The lowest BCUT2D eigenvalue weighted by atomic mass is 10.1. The van der Waals surface area contributed by atoms with Gasteiger partial charge < -0.3 is 14.7 Å². The average molecular weight is 412 g/mol. The van der Waals surface area contributed by atoms with Crippen LogP contribution in [0.1, 0.15) is 17.4 Å². The Morgan fingerprint density at radius 3 is 2.81 bits per heavy atom. The highest BCUT2D eigenvalue weighted by Gasteiger charge is 2.23. The maximum Gasteiger partial charge on any atom is 0.355 e. The third-order valence-electron chi connectivity index (χ3n) is 3.23. The van der Waals surface area contributed by atoms with E-state index in [0.29, 0.717) is 16.8 Å². The fourth-order valence-electron chi connectivity index (χ4n) is 2.31. The molecule has 0 fully saturated rings. The lowest BCUT2D eigenvalue weighted by Crippen LogP contribution is -2.05. The minimum absolute atomic E-state index is 0.338. The van der Waals surface area contributed by atoms with Gasteiger partial charge in [-0.15, -0.1) is 0 Å². The van der Waals surface area contributed by atoms with Crippen molar-refractivity contribution in [2.75, 3.05) is 6.61 Å². The summed E-state index contributed by atoms with van der Waals surface area (Å²) in [7, 11) is 0. The van der Waals surface area contributed by atoms with Gasteiger partial charge in [-0.1, -0.05) is 18.2 Å². The standard InChI is InChI=1S/C15H12Br2N2O2/c1-2-21-15(20)13-12(16)11(14(17)19-13)9-7-18-10-6-4-3-5-8(9)10/h3-7,18-19H,2H2,1H3. The number of carbonyl (C=O) groups excluding carboxylic acids is 1. The van der Waals surface area contributed by atoms with Gasteiger partial charge >= 0.3 is 5.97 Å². The number of aromatic nitrogens is 2. The van der Waals surface area contributed by atoms with Crippen LogP contribution in [0.2, 0.25) is 0 Å². The number of benzene rings is 1. The van der Waals surface area contributed by atoms with Crippen LogP contribution in [0, 0.1) is 0 Å². The van der Waals surface area contributed by atoms with Gasteiger partial charge in [0.1, 0.15) is 5.69 Å². The quantitative estimate of drug-likeness (QED) is 0.604. The minimum Gasteiger partial charge on any atom is -0.461 e. The van der Waals surface area contributed by atoms with Gasteiger partial charge in [0.25, 0.3) is 0 Å². The van der Waals surface area contributed by atoms with Gasteiger partial charge in [0.15, 0.2) is 0 Å². The van der Waals surface area contributed by atoms with Crippen LogP contribution < -0.4 is 0 Å². The smallest absolute Gasteiger partial charge is 0.355 e. The Morgan fingerprint density at radius 1 is 1.29 bits per heavy atom. The van der Waals surface area contributed by atoms with Crippen LogP contribution in [0.4, 0.5) is 0 Å². The second-order valence-electron chi connectivity index (χ2n) is 4.47. The highest BCUT2D eigenvalue weighted by atomic mass is 79.9. The number of H-pyrrole nitrogens is 2. The van der Waals surface area contributed by atoms with E-state index in [1.165, 1.54) is 0 Å². The molecule has 1 aromatic carbocycles. The van der Waals surface area contributed by atoms with Crippen molar-refractivity contribution in [1.82, 2.24) is 9.97 Å². The van der Waals surface area contributed by atoms with Crippen molar-refractivity contribution in [1.29, 1.82) is 0 Å². The SMILES string of the molecule is CCOC(=O)c1[nH]c(Br)c(-c2c[nH]c3ccccc23)c1Br. The molecule has 0 bridgehead atoms. The van der Waals surface area contributed by atoms with Crippen molar-refractivity contribution in [3.05, 3.63) is 45.2 Å². The number of hydrogen-bond acceptors (Lipinski definition) is 2. The molecular weight excluding hydrogens is 400 g/mol. The summed E-state index contributed by atoms with van der Waals surface area (Å²) in [5, 5.41) is 1.09. The lowest BCUT2D eigenvalue weighted by Gasteiger charge is -2.01. The Hall–Kier alpha value is -1.53. The van der Waals surface area contributed by atoms with Crippen molar-refractivity contribution in [2.45, 2.75) is 6.92 Å². The van der Waals surface area contributed by atoms with E-state index in [1.807, 2.05) is 30.5 Å². The molecule has 3 aromatic rings. The lowest BCUT2D eigenvalue weighted by molar-refractivity contribution is 0.0519. The van der Waals surface area contributed by atoms with Crippen LogP contribution in [0.15, 0.2) is 39.5 Å². The van der Waals surface area contributed by atoms with Crippen LogP contribution in [-0.2, 0) is 4.74 Å². The van der Waals surface area contributed by atoms with Gasteiger partial charge in [-0.3, -0.25) is 0 Å². The molecule has 0 spiro atoms. The molecule has 0 amide bonds. The molecule has 0 radical (unpaired) electrons. The van der Waals surface area contributed by atoms with Crippen molar-refractivity contribution >= 4 is 48.7 Å². The van der Waals surface area contributed by atoms with E-state index in [-0.39, 0.29) is 5.97 Å². The van der Waals surface area contributed by atoms with Crippen molar-refractivity contribution in [3.63, 3.8) is 0 Å². The van der Waals surface area contributed by atoms with Crippen LogP contribution >= 0.6 is 31.9 Å². The molecule has 21 heavy (non-hydrogen) atoms. The Kier molecular flexibility index (Phi) is 3.91. The summed E-state index contributed by atoms with van der Waals surface area (Å²) in [6, 6.07) is 8.02. The third-order valence-corrected chi connectivity index (χ3v) is 4.62. The predicted octanol–water partition coefficient (Wildman–Crippen LogP) is 4.86. The summed E-state index contributed by atoms with van der Waals surface area (Å²) in [5.41, 5.74) is 3.36. The van der Waals surface area contributed by atoms with Crippen LogP contribution in [-0.4, -0.2) is 22.5 Å². The summed E-state index contributed by atoms with van der Waals surface area (Å²) in [6.07, 6.45) is 1.93. The van der Waals surface area contributed by atoms with Gasteiger partial charge in [0.05, 0.1) is 15.7 Å². The first-order valence-electron chi connectivity index (χ1n) is 6.44. The second-order valence-corrected chi connectivity index (χ2v) is 6.06. The monoisotopic (exact) mass is 410 g/mol. The van der Waals surface area contributed by atoms with E-state index < -0.39 is 0 Å². The maximum atomic E-state index is 12.0. The Bertz CT molecular complexity index is 820. The predicted molar refractivity (Wildman–Crippen MR) is 89.4 cm³/mol. The zero-order valence-corrected chi connectivity index (χ0v) is 14.3. The maximum absolute atomic E-state index is 12.0. The first-order valence-corrected chi connectivity index (χ1v) is 8.02. The molecule has 0 saturated carbocycles. The van der Waals surface area contributed by atoms with Crippen molar-refractivity contribution in [3.8, 4) is 11.1 Å².